The molecule has 0 spiro atoms. The highest BCUT2D eigenvalue weighted by atomic mass is 35.5. The van der Waals surface area contributed by atoms with Crippen LogP contribution in [0.15, 0.2) is 23.3 Å². The lowest BCUT2D eigenvalue weighted by Gasteiger charge is -2.18. The van der Waals surface area contributed by atoms with Gasteiger partial charge < -0.3 is 10.6 Å². The van der Waals surface area contributed by atoms with Crippen molar-refractivity contribution in [2.75, 3.05) is 7.05 Å². The summed E-state index contributed by atoms with van der Waals surface area (Å²) in [5, 5.41) is 7.22. The molecule has 5 heteroatoms. The predicted molar refractivity (Wildman–Crippen MR) is 90.7 cm³/mol. The molecule has 0 saturated heterocycles. The zero-order valence-corrected chi connectivity index (χ0v) is 14.2. The number of rotatable bonds is 7. The summed E-state index contributed by atoms with van der Waals surface area (Å²) < 4.78 is 0. The number of pyridine rings is 1. The molecule has 1 rings (SSSR count). The van der Waals surface area contributed by atoms with Crippen molar-refractivity contribution in [2.45, 2.75) is 52.6 Å². The quantitative estimate of drug-likeness (QED) is 0.459. The summed E-state index contributed by atoms with van der Waals surface area (Å²) in [7, 11) is 1.79. The van der Waals surface area contributed by atoms with Gasteiger partial charge >= 0.3 is 0 Å². The maximum Gasteiger partial charge on any atom is 0.191 e. The van der Waals surface area contributed by atoms with E-state index < -0.39 is 0 Å². The number of guanidine groups is 1. The first kappa shape index (κ1) is 17.8. The Morgan fingerprint density at radius 1 is 1.29 bits per heavy atom. The first-order valence-corrected chi connectivity index (χ1v) is 7.96. The highest BCUT2D eigenvalue weighted by Gasteiger charge is 2.06. The third kappa shape index (κ3) is 7.90. The molecule has 1 unspecified atom stereocenters. The van der Waals surface area contributed by atoms with Crippen LogP contribution < -0.4 is 10.6 Å². The van der Waals surface area contributed by atoms with Crippen LogP contribution in [0.5, 0.6) is 0 Å². The summed E-state index contributed by atoms with van der Waals surface area (Å²) in [5.41, 5.74) is 1.08. The molecule has 2 N–H and O–H groups in total. The van der Waals surface area contributed by atoms with Crippen molar-refractivity contribution >= 4 is 17.6 Å². The van der Waals surface area contributed by atoms with Crippen LogP contribution in [0.3, 0.4) is 0 Å². The standard InChI is InChI=1S/C16H27ClN4/c1-12(2)6-5-7-13(3)21-16(18-4)20-11-14-8-9-15(17)19-10-14/h8-10,12-13H,5-7,11H2,1-4H3,(H2,18,20,21). The summed E-state index contributed by atoms with van der Waals surface area (Å²) in [6.07, 6.45) is 5.44. The third-order valence-corrected chi connectivity index (χ3v) is 3.50. The smallest absolute Gasteiger partial charge is 0.191 e. The molecule has 118 valence electrons. The monoisotopic (exact) mass is 310 g/mol. The highest BCUT2D eigenvalue weighted by molar-refractivity contribution is 6.29. The van der Waals surface area contributed by atoms with Crippen molar-refractivity contribution in [2.24, 2.45) is 10.9 Å². The number of hydrogen-bond acceptors (Lipinski definition) is 2. The number of nitrogens with one attached hydrogen (secondary N) is 2. The molecule has 0 aliphatic carbocycles. The minimum atomic E-state index is 0.415. The van der Waals surface area contributed by atoms with Crippen LogP contribution >= 0.6 is 11.6 Å². The van der Waals surface area contributed by atoms with E-state index in [1.807, 2.05) is 6.07 Å². The van der Waals surface area contributed by atoms with Gasteiger partial charge in [0.05, 0.1) is 0 Å². The average molecular weight is 311 g/mol. The van der Waals surface area contributed by atoms with Gasteiger partial charge in [-0.2, -0.15) is 0 Å². The van der Waals surface area contributed by atoms with E-state index in [9.17, 15) is 0 Å². The molecule has 0 aromatic carbocycles. The molecule has 0 saturated carbocycles. The molecule has 0 amide bonds. The van der Waals surface area contributed by atoms with Gasteiger partial charge in [-0.1, -0.05) is 44.4 Å². The van der Waals surface area contributed by atoms with E-state index >= 15 is 0 Å². The summed E-state index contributed by atoms with van der Waals surface area (Å²) in [6.45, 7) is 7.40. The normalized spacial score (nSPS) is 13.3. The molecule has 0 radical (unpaired) electrons. The van der Waals surface area contributed by atoms with Crippen LogP contribution in [0.4, 0.5) is 0 Å². The molecule has 0 bridgehead atoms. The Morgan fingerprint density at radius 3 is 2.62 bits per heavy atom. The SMILES string of the molecule is CN=C(NCc1ccc(Cl)nc1)NC(C)CCCC(C)C. The Hall–Kier alpha value is -1.29. The Bertz CT molecular complexity index is 428. The lowest BCUT2D eigenvalue weighted by atomic mass is 10.0. The van der Waals surface area contributed by atoms with Crippen molar-refractivity contribution in [1.82, 2.24) is 15.6 Å². The largest absolute Gasteiger partial charge is 0.354 e. The highest BCUT2D eigenvalue weighted by Crippen LogP contribution is 2.08. The van der Waals surface area contributed by atoms with Gasteiger partial charge in [0.1, 0.15) is 5.15 Å². The molecule has 0 aliphatic heterocycles. The van der Waals surface area contributed by atoms with Crippen molar-refractivity contribution in [1.29, 1.82) is 0 Å². The first-order chi connectivity index (χ1) is 10.0. The fourth-order valence-electron chi connectivity index (χ4n) is 2.03. The lowest BCUT2D eigenvalue weighted by molar-refractivity contribution is 0.491. The number of aliphatic imine (C=N–C) groups is 1. The van der Waals surface area contributed by atoms with Gasteiger partial charge in [-0.15, -0.1) is 0 Å². The molecule has 1 atom stereocenters. The molecule has 1 aromatic heterocycles. The van der Waals surface area contributed by atoms with Crippen LogP contribution in [-0.4, -0.2) is 24.0 Å². The Kier molecular flexibility index (Phi) is 8.13. The lowest BCUT2D eigenvalue weighted by Crippen LogP contribution is -2.41. The summed E-state index contributed by atoms with van der Waals surface area (Å²) in [4.78, 5) is 8.32. The molecule has 0 fully saturated rings. The number of halogens is 1. The van der Waals surface area contributed by atoms with Gasteiger partial charge in [0.25, 0.3) is 0 Å². The number of aromatic nitrogens is 1. The average Bonchev–Trinajstić information content (AvgIpc) is 2.44. The molecule has 1 heterocycles. The molecule has 4 nitrogen and oxygen atoms in total. The molecule has 21 heavy (non-hydrogen) atoms. The van der Waals surface area contributed by atoms with Gasteiger partial charge in [-0.3, -0.25) is 4.99 Å². The first-order valence-electron chi connectivity index (χ1n) is 7.59. The van der Waals surface area contributed by atoms with Crippen LogP contribution in [0.1, 0.15) is 45.6 Å². The molecule has 0 aliphatic rings. The summed E-state index contributed by atoms with van der Waals surface area (Å²) in [6, 6.07) is 4.17. The van der Waals surface area contributed by atoms with Crippen molar-refractivity contribution in [3.8, 4) is 0 Å². The van der Waals surface area contributed by atoms with Gasteiger partial charge in [0.2, 0.25) is 0 Å². The Balaban J connectivity index is 2.33. The van der Waals surface area contributed by atoms with E-state index in [4.69, 9.17) is 11.6 Å². The summed E-state index contributed by atoms with van der Waals surface area (Å²) >= 11 is 5.77. The van der Waals surface area contributed by atoms with Crippen molar-refractivity contribution in [3.05, 3.63) is 29.0 Å². The Morgan fingerprint density at radius 2 is 2.05 bits per heavy atom. The van der Waals surface area contributed by atoms with Crippen LogP contribution in [0.2, 0.25) is 5.15 Å². The topological polar surface area (TPSA) is 49.3 Å². The fourth-order valence-corrected chi connectivity index (χ4v) is 2.14. The van der Waals surface area contributed by atoms with E-state index in [2.05, 4.69) is 41.4 Å². The van der Waals surface area contributed by atoms with Crippen molar-refractivity contribution in [3.63, 3.8) is 0 Å². The fraction of sp³-hybridized carbons (Fsp3) is 0.625. The number of hydrogen-bond donors (Lipinski definition) is 2. The molecule has 1 aromatic rings. The molecular formula is C16H27ClN4. The summed E-state index contributed by atoms with van der Waals surface area (Å²) in [5.74, 6) is 1.59. The second-order valence-electron chi connectivity index (χ2n) is 5.79. The van der Waals surface area contributed by atoms with Crippen LogP contribution in [0.25, 0.3) is 0 Å². The maximum atomic E-state index is 5.77. The van der Waals surface area contributed by atoms with E-state index in [0.717, 1.165) is 23.9 Å². The predicted octanol–water partition coefficient (Wildman–Crippen LogP) is 3.61. The second kappa shape index (κ2) is 9.61. The maximum absolute atomic E-state index is 5.77. The van der Waals surface area contributed by atoms with E-state index in [-0.39, 0.29) is 0 Å². The molecular weight excluding hydrogens is 284 g/mol. The number of nitrogens with zero attached hydrogens (tertiary/aromatic N) is 2. The zero-order valence-electron chi connectivity index (χ0n) is 13.5. The van der Waals surface area contributed by atoms with E-state index in [0.29, 0.717) is 17.7 Å². The minimum absolute atomic E-state index is 0.415. The minimum Gasteiger partial charge on any atom is -0.354 e. The van der Waals surface area contributed by atoms with Gasteiger partial charge in [0, 0.05) is 25.8 Å². The Labute approximate surface area is 133 Å². The van der Waals surface area contributed by atoms with Gasteiger partial charge in [-0.05, 0) is 30.9 Å². The van der Waals surface area contributed by atoms with Gasteiger partial charge in [0.15, 0.2) is 5.96 Å². The van der Waals surface area contributed by atoms with Crippen molar-refractivity contribution < 1.29 is 0 Å². The zero-order chi connectivity index (χ0) is 15.7. The van der Waals surface area contributed by atoms with Crippen LogP contribution in [0, 0.1) is 5.92 Å². The van der Waals surface area contributed by atoms with E-state index in [1.54, 1.807) is 19.3 Å². The van der Waals surface area contributed by atoms with Gasteiger partial charge in [-0.25, -0.2) is 4.98 Å². The van der Waals surface area contributed by atoms with Crippen LogP contribution in [-0.2, 0) is 6.54 Å². The van der Waals surface area contributed by atoms with E-state index in [1.165, 1.54) is 12.8 Å². The third-order valence-electron chi connectivity index (χ3n) is 3.27. The second-order valence-corrected chi connectivity index (χ2v) is 6.17.